The first-order chi connectivity index (χ1) is 29.5. The van der Waals surface area contributed by atoms with E-state index in [-0.39, 0.29) is 5.41 Å². The summed E-state index contributed by atoms with van der Waals surface area (Å²) in [5.41, 5.74) is 15.6. The van der Waals surface area contributed by atoms with Gasteiger partial charge >= 0.3 is 0 Å². The fraction of sp³-hybridized carbons (Fsp3) is 0.0536. The third-order valence-corrected chi connectivity index (χ3v) is 12.3. The SMILES string of the molecule is CC1(C)c2cc(N(c3ccccc3)c3ccc(-c4ccccc4)cc3)ccc2-c2c1cc(N(c1ccc(C#N)cc1)c1cccc3c1oc1ccccc13)c1ccccc21. The molecule has 0 saturated heterocycles. The van der Waals surface area contributed by atoms with E-state index in [0.29, 0.717) is 5.56 Å². The van der Waals surface area contributed by atoms with Crippen molar-refractivity contribution in [2.75, 3.05) is 9.80 Å². The van der Waals surface area contributed by atoms with E-state index in [1.54, 1.807) is 0 Å². The number of rotatable bonds is 7. The predicted octanol–water partition coefficient (Wildman–Crippen LogP) is 15.5. The van der Waals surface area contributed by atoms with E-state index in [0.717, 1.165) is 61.4 Å². The summed E-state index contributed by atoms with van der Waals surface area (Å²) in [6, 6.07) is 73.0. The van der Waals surface area contributed by atoms with Gasteiger partial charge in [0.05, 0.1) is 23.0 Å². The molecule has 4 heteroatoms. The van der Waals surface area contributed by atoms with E-state index in [2.05, 4.69) is 194 Å². The van der Waals surface area contributed by atoms with Gasteiger partial charge in [0, 0.05) is 44.3 Å². The van der Waals surface area contributed by atoms with Crippen LogP contribution in [0.5, 0.6) is 0 Å². The lowest BCUT2D eigenvalue weighted by molar-refractivity contribution is 0.661. The number of fused-ring (bicyclic) bond motifs is 8. The normalized spacial score (nSPS) is 12.6. The van der Waals surface area contributed by atoms with Gasteiger partial charge in [0.15, 0.2) is 5.58 Å². The Kier molecular flexibility index (Phi) is 8.18. The molecule has 9 aromatic carbocycles. The maximum absolute atomic E-state index is 9.77. The highest BCUT2D eigenvalue weighted by molar-refractivity contribution is 6.14. The summed E-state index contributed by atoms with van der Waals surface area (Å²) in [4.78, 5) is 4.67. The Bertz CT molecular complexity index is 3290. The third-order valence-electron chi connectivity index (χ3n) is 12.3. The Morgan fingerprint density at radius 2 is 1.03 bits per heavy atom. The molecule has 284 valence electrons. The monoisotopic (exact) mass is 769 g/mol. The van der Waals surface area contributed by atoms with Crippen molar-refractivity contribution in [2.24, 2.45) is 0 Å². The summed E-state index contributed by atoms with van der Waals surface area (Å²) in [6.07, 6.45) is 0. The molecule has 0 atom stereocenters. The zero-order chi connectivity index (χ0) is 40.4. The molecule has 0 aliphatic heterocycles. The van der Waals surface area contributed by atoms with E-state index in [1.807, 2.05) is 36.4 Å². The summed E-state index contributed by atoms with van der Waals surface area (Å²) in [5.74, 6) is 0. The molecule has 10 aromatic rings. The van der Waals surface area contributed by atoms with Gasteiger partial charge in [-0.05, 0) is 118 Å². The fourth-order valence-corrected chi connectivity index (χ4v) is 9.33. The molecular formula is C56H39N3O. The molecule has 11 rings (SSSR count). The highest BCUT2D eigenvalue weighted by Crippen LogP contribution is 2.56. The van der Waals surface area contributed by atoms with Crippen LogP contribution in [-0.2, 0) is 5.41 Å². The zero-order valence-electron chi connectivity index (χ0n) is 33.3. The van der Waals surface area contributed by atoms with Gasteiger partial charge in [-0.3, -0.25) is 0 Å². The van der Waals surface area contributed by atoms with Crippen LogP contribution in [0.3, 0.4) is 0 Å². The molecule has 0 radical (unpaired) electrons. The van der Waals surface area contributed by atoms with Crippen LogP contribution in [0.2, 0.25) is 0 Å². The van der Waals surface area contributed by atoms with Crippen LogP contribution < -0.4 is 9.80 Å². The summed E-state index contributed by atoms with van der Waals surface area (Å²) in [7, 11) is 0. The second-order valence-electron chi connectivity index (χ2n) is 16.0. The highest BCUT2D eigenvalue weighted by atomic mass is 16.3. The standard InChI is InChI=1S/C56H39N3O/c1-56(2)49-34-43(58(40-16-7-4-8-17-40)41-30-26-39(27-31-41)38-14-5-3-6-15-38)32-33-48(49)54-46-20-10-9-18-44(46)52(35-50(54)56)59(42-28-24-37(36-57)25-29-42)51-22-13-21-47-45-19-11-12-23-53(45)60-55(47)51/h3-35H,1-2H3. The van der Waals surface area contributed by atoms with Gasteiger partial charge in [0.2, 0.25) is 0 Å². The van der Waals surface area contributed by atoms with Crippen LogP contribution in [0.1, 0.15) is 30.5 Å². The first-order valence-electron chi connectivity index (χ1n) is 20.4. The number of furan rings is 1. The second kappa shape index (κ2) is 13.9. The third kappa shape index (κ3) is 5.59. The Balaban J connectivity index is 1.10. The first kappa shape index (κ1) is 35.3. The minimum Gasteiger partial charge on any atom is -0.454 e. The Hall–Kier alpha value is -7.87. The summed E-state index contributed by atoms with van der Waals surface area (Å²) in [5, 5.41) is 14.2. The van der Waals surface area contributed by atoms with Crippen LogP contribution in [0.25, 0.3) is 55.0 Å². The smallest absolute Gasteiger partial charge is 0.159 e. The molecule has 60 heavy (non-hydrogen) atoms. The van der Waals surface area contributed by atoms with Crippen molar-refractivity contribution in [3.8, 4) is 28.3 Å². The van der Waals surface area contributed by atoms with E-state index < -0.39 is 0 Å². The zero-order valence-corrected chi connectivity index (χ0v) is 33.3. The topological polar surface area (TPSA) is 43.4 Å². The van der Waals surface area contributed by atoms with E-state index in [9.17, 15) is 5.26 Å². The molecule has 1 aliphatic carbocycles. The number of nitrogens with zero attached hydrogens (tertiary/aromatic N) is 3. The largest absolute Gasteiger partial charge is 0.454 e. The van der Waals surface area contributed by atoms with Crippen molar-refractivity contribution < 1.29 is 4.42 Å². The molecule has 0 unspecified atom stereocenters. The highest BCUT2D eigenvalue weighted by Gasteiger charge is 2.39. The van der Waals surface area contributed by atoms with Crippen molar-refractivity contribution >= 4 is 66.8 Å². The molecule has 1 heterocycles. The average Bonchev–Trinajstić information content (AvgIpc) is 3.80. The molecule has 1 aromatic heterocycles. The average molecular weight is 770 g/mol. The Morgan fingerprint density at radius 3 is 1.78 bits per heavy atom. The fourth-order valence-electron chi connectivity index (χ4n) is 9.33. The van der Waals surface area contributed by atoms with Crippen LogP contribution in [0, 0.1) is 11.3 Å². The number of anilines is 6. The van der Waals surface area contributed by atoms with Gasteiger partial charge in [-0.25, -0.2) is 0 Å². The number of benzene rings is 9. The molecule has 0 bridgehead atoms. The molecule has 4 nitrogen and oxygen atoms in total. The summed E-state index contributed by atoms with van der Waals surface area (Å²) in [6.45, 7) is 4.71. The number of hydrogen-bond acceptors (Lipinski definition) is 4. The maximum Gasteiger partial charge on any atom is 0.159 e. The number of para-hydroxylation sites is 3. The second-order valence-corrected chi connectivity index (χ2v) is 16.0. The molecule has 1 aliphatic rings. The predicted molar refractivity (Wildman–Crippen MR) is 248 cm³/mol. The Labute approximate surface area is 349 Å². The quantitative estimate of drug-likeness (QED) is 0.162. The van der Waals surface area contributed by atoms with Crippen molar-refractivity contribution in [2.45, 2.75) is 19.3 Å². The van der Waals surface area contributed by atoms with Gasteiger partial charge in [-0.1, -0.05) is 135 Å². The molecular weight excluding hydrogens is 731 g/mol. The lowest BCUT2D eigenvalue weighted by atomic mass is 9.81. The minimum atomic E-state index is -0.347. The van der Waals surface area contributed by atoms with Crippen molar-refractivity contribution in [1.82, 2.24) is 0 Å². The van der Waals surface area contributed by atoms with Gasteiger partial charge in [-0.2, -0.15) is 5.26 Å². The summed E-state index contributed by atoms with van der Waals surface area (Å²) >= 11 is 0. The first-order valence-corrected chi connectivity index (χ1v) is 20.4. The molecule has 0 fully saturated rings. The van der Waals surface area contributed by atoms with Crippen LogP contribution in [0.4, 0.5) is 34.1 Å². The van der Waals surface area contributed by atoms with Crippen molar-refractivity contribution in [3.63, 3.8) is 0 Å². The van der Waals surface area contributed by atoms with Gasteiger partial charge < -0.3 is 14.2 Å². The van der Waals surface area contributed by atoms with Crippen molar-refractivity contribution in [3.05, 3.63) is 217 Å². The van der Waals surface area contributed by atoms with Crippen LogP contribution in [-0.4, -0.2) is 0 Å². The van der Waals surface area contributed by atoms with Gasteiger partial charge in [0.25, 0.3) is 0 Å². The Morgan fingerprint density at radius 1 is 0.450 bits per heavy atom. The number of hydrogen-bond donors (Lipinski definition) is 0. The number of nitriles is 1. The van der Waals surface area contributed by atoms with Gasteiger partial charge in [0.1, 0.15) is 5.58 Å². The van der Waals surface area contributed by atoms with Crippen LogP contribution in [0.15, 0.2) is 205 Å². The van der Waals surface area contributed by atoms with Crippen LogP contribution >= 0.6 is 0 Å². The molecule has 0 amide bonds. The van der Waals surface area contributed by atoms with Crippen molar-refractivity contribution in [1.29, 1.82) is 5.26 Å². The molecule has 0 N–H and O–H groups in total. The van der Waals surface area contributed by atoms with E-state index in [1.165, 1.54) is 38.8 Å². The summed E-state index contributed by atoms with van der Waals surface area (Å²) < 4.78 is 6.69. The lowest BCUT2D eigenvalue weighted by Gasteiger charge is -2.30. The van der Waals surface area contributed by atoms with E-state index >= 15 is 0 Å². The molecule has 0 spiro atoms. The maximum atomic E-state index is 9.77. The minimum absolute atomic E-state index is 0.347. The van der Waals surface area contributed by atoms with E-state index in [4.69, 9.17) is 4.42 Å². The van der Waals surface area contributed by atoms with Gasteiger partial charge in [-0.15, -0.1) is 0 Å². The lowest BCUT2D eigenvalue weighted by Crippen LogP contribution is -2.18. The molecule has 0 saturated carbocycles.